The molecule has 2 heterocycles. The van der Waals surface area contributed by atoms with Crippen LogP contribution >= 0.6 is 0 Å². The van der Waals surface area contributed by atoms with E-state index in [0.717, 1.165) is 31.9 Å². The average Bonchev–Trinajstić information content (AvgIpc) is 2.99. The number of rotatable bonds is 7. The van der Waals surface area contributed by atoms with Crippen molar-refractivity contribution in [2.24, 2.45) is 0 Å². The average molecular weight is 261 g/mol. The van der Waals surface area contributed by atoms with Crippen molar-refractivity contribution < 1.29 is 0 Å². The second-order valence-corrected chi connectivity index (χ2v) is 5.20. The predicted molar refractivity (Wildman–Crippen MR) is 75.8 cm³/mol. The molecule has 2 rings (SSSR count). The Bertz CT molecular complexity index is 472. The Labute approximate surface area is 114 Å². The molecular weight excluding hydrogens is 238 g/mol. The van der Waals surface area contributed by atoms with Gasteiger partial charge in [0.1, 0.15) is 5.82 Å². The van der Waals surface area contributed by atoms with Gasteiger partial charge in [-0.1, -0.05) is 0 Å². The highest BCUT2D eigenvalue weighted by molar-refractivity contribution is 4.94. The van der Waals surface area contributed by atoms with E-state index in [0.29, 0.717) is 6.04 Å². The van der Waals surface area contributed by atoms with E-state index < -0.39 is 0 Å². The number of aryl methyl sites for hydroxylation is 1. The molecular formula is C14H23N5. The highest BCUT2D eigenvalue weighted by Gasteiger charge is 2.08. The normalized spacial score (nSPS) is 11.6. The monoisotopic (exact) mass is 261 g/mol. The van der Waals surface area contributed by atoms with Crippen molar-refractivity contribution in [3.63, 3.8) is 0 Å². The van der Waals surface area contributed by atoms with Gasteiger partial charge in [-0.2, -0.15) is 5.10 Å². The van der Waals surface area contributed by atoms with Gasteiger partial charge in [-0.25, -0.2) is 4.98 Å². The summed E-state index contributed by atoms with van der Waals surface area (Å²) < 4.78 is 4.20. The van der Waals surface area contributed by atoms with Gasteiger partial charge in [-0.3, -0.25) is 9.58 Å². The van der Waals surface area contributed by atoms with Crippen molar-refractivity contribution in [3.05, 3.63) is 36.7 Å². The summed E-state index contributed by atoms with van der Waals surface area (Å²) >= 11 is 0. The lowest BCUT2D eigenvalue weighted by molar-refractivity contribution is 0.297. The van der Waals surface area contributed by atoms with Crippen molar-refractivity contribution in [1.29, 1.82) is 0 Å². The Kier molecular flexibility index (Phi) is 4.74. The molecule has 0 aliphatic carbocycles. The maximum Gasteiger partial charge on any atom is 0.123 e. The summed E-state index contributed by atoms with van der Waals surface area (Å²) in [6.45, 7) is 7.27. The van der Waals surface area contributed by atoms with Crippen LogP contribution in [0, 0.1) is 0 Å². The maximum atomic E-state index is 4.44. The Morgan fingerprint density at radius 2 is 2.11 bits per heavy atom. The zero-order valence-electron chi connectivity index (χ0n) is 12.0. The second-order valence-electron chi connectivity index (χ2n) is 5.20. The van der Waals surface area contributed by atoms with E-state index in [-0.39, 0.29) is 0 Å². The van der Waals surface area contributed by atoms with Gasteiger partial charge in [0.2, 0.25) is 0 Å². The zero-order chi connectivity index (χ0) is 13.7. The topological polar surface area (TPSA) is 38.9 Å². The number of hydrogen-bond acceptors (Lipinski definition) is 3. The number of nitrogens with zero attached hydrogens (tertiary/aromatic N) is 5. The van der Waals surface area contributed by atoms with Gasteiger partial charge in [0, 0.05) is 43.9 Å². The van der Waals surface area contributed by atoms with E-state index in [9.17, 15) is 0 Å². The minimum atomic E-state index is 0.468. The summed E-state index contributed by atoms with van der Waals surface area (Å²) in [4.78, 5) is 6.75. The fourth-order valence-electron chi connectivity index (χ4n) is 2.19. The fraction of sp³-hybridized carbons (Fsp3) is 0.571. The molecule has 104 valence electrons. The molecule has 0 aromatic carbocycles. The molecule has 0 bridgehead atoms. The molecule has 0 fully saturated rings. The van der Waals surface area contributed by atoms with Crippen LogP contribution < -0.4 is 0 Å². The van der Waals surface area contributed by atoms with Gasteiger partial charge in [-0.15, -0.1) is 0 Å². The first-order valence-electron chi connectivity index (χ1n) is 6.84. The van der Waals surface area contributed by atoms with Gasteiger partial charge in [-0.05, 0) is 33.4 Å². The highest BCUT2D eigenvalue weighted by Crippen LogP contribution is 2.09. The van der Waals surface area contributed by atoms with Gasteiger partial charge in [0.15, 0.2) is 0 Å². The largest absolute Gasteiger partial charge is 0.331 e. The van der Waals surface area contributed by atoms with Crippen molar-refractivity contribution >= 4 is 0 Å². The highest BCUT2D eigenvalue weighted by atomic mass is 15.3. The summed E-state index contributed by atoms with van der Waals surface area (Å²) in [6, 6.07) is 2.43. The molecule has 0 saturated carbocycles. The molecule has 2 aromatic heterocycles. The predicted octanol–water partition coefficient (Wildman–Crippen LogP) is 2.18. The third-order valence-corrected chi connectivity index (χ3v) is 3.20. The molecule has 0 atom stereocenters. The van der Waals surface area contributed by atoms with Crippen molar-refractivity contribution in [3.8, 4) is 0 Å². The van der Waals surface area contributed by atoms with Crippen LogP contribution in [0.4, 0.5) is 0 Å². The quantitative estimate of drug-likeness (QED) is 0.767. The van der Waals surface area contributed by atoms with Crippen molar-refractivity contribution in [2.75, 3.05) is 13.6 Å². The third-order valence-electron chi connectivity index (χ3n) is 3.20. The Balaban J connectivity index is 1.77. The Hall–Kier alpha value is -1.62. The lowest BCUT2D eigenvalue weighted by atomic mass is 10.3. The van der Waals surface area contributed by atoms with Crippen LogP contribution in [0.5, 0.6) is 0 Å². The van der Waals surface area contributed by atoms with Crippen LogP contribution in [0.15, 0.2) is 30.9 Å². The minimum absolute atomic E-state index is 0.468. The number of imidazole rings is 1. The van der Waals surface area contributed by atoms with E-state index in [1.807, 2.05) is 29.3 Å². The lowest BCUT2D eigenvalue weighted by Crippen LogP contribution is -2.23. The summed E-state index contributed by atoms with van der Waals surface area (Å²) in [5, 5.41) is 4.21. The minimum Gasteiger partial charge on any atom is -0.331 e. The van der Waals surface area contributed by atoms with E-state index >= 15 is 0 Å². The van der Waals surface area contributed by atoms with E-state index in [1.54, 1.807) is 0 Å². The van der Waals surface area contributed by atoms with Gasteiger partial charge < -0.3 is 4.57 Å². The molecule has 5 nitrogen and oxygen atoms in total. The van der Waals surface area contributed by atoms with E-state index in [4.69, 9.17) is 0 Å². The fourth-order valence-corrected chi connectivity index (χ4v) is 2.19. The number of hydrogen-bond donors (Lipinski definition) is 0. The van der Waals surface area contributed by atoms with Crippen LogP contribution in [0.3, 0.4) is 0 Å². The van der Waals surface area contributed by atoms with Crippen molar-refractivity contribution in [2.45, 2.75) is 39.4 Å². The van der Waals surface area contributed by atoms with Crippen LogP contribution in [0.1, 0.15) is 32.1 Å². The molecule has 0 radical (unpaired) electrons. The van der Waals surface area contributed by atoms with Crippen LogP contribution in [0.2, 0.25) is 0 Å². The van der Waals surface area contributed by atoms with Gasteiger partial charge in [0.05, 0.1) is 6.54 Å². The van der Waals surface area contributed by atoms with Crippen LogP contribution in [-0.4, -0.2) is 37.8 Å². The molecule has 0 amide bonds. The van der Waals surface area contributed by atoms with E-state index in [2.05, 4.69) is 46.6 Å². The Morgan fingerprint density at radius 1 is 1.26 bits per heavy atom. The van der Waals surface area contributed by atoms with Gasteiger partial charge >= 0.3 is 0 Å². The SMILES string of the molecule is CC(C)n1ccnc1CN(C)CCCn1cccn1. The molecule has 0 aliphatic heterocycles. The molecule has 0 spiro atoms. The first-order chi connectivity index (χ1) is 9.16. The maximum absolute atomic E-state index is 4.44. The molecule has 2 aromatic rings. The molecule has 0 aliphatic rings. The first kappa shape index (κ1) is 13.8. The molecule has 0 unspecified atom stereocenters. The second kappa shape index (κ2) is 6.52. The van der Waals surface area contributed by atoms with Crippen LogP contribution in [0.25, 0.3) is 0 Å². The standard InChI is InChI=1S/C14H23N5/c1-13(2)19-11-7-15-14(19)12-17(3)8-5-10-18-9-4-6-16-18/h4,6-7,9,11,13H,5,8,10,12H2,1-3H3. The molecule has 5 heteroatoms. The van der Waals surface area contributed by atoms with Crippen molar-refractivity contribution in [1.82, 2.24) is 24.2 Å². The van der Waals surface area contributed by atoms with Gasteiger partial charge in [0.25, 0.3) is 0 Å². The molecule has 0 N–H and O–H groups in total. The summed E-state index contributed by atoms with van der Waals surface area (Å²) in [6.07, 6.45) is 8.86. The molecule has 19 heavy (non-hydrogen) atoms. The lowest BCUT2D eigenvalue weighted by Gasteiger charge is -2.18. The van der Waals surface area contributed by atoms with Crippen LogP contribution in [-0.2, 0) is 13.1 Å². The first-order valence-corrected chi connectivity index (χ1v) is 6.84. The summed E-state index contributed by atoms with van der Waals surface area (Å²) in [7, 11) is 2.14. The summed E-state index contributed by atoms with van der Waals surface area (Å²) in [5.41, 5.74) is 0. The zero-order valence-corrected chi connectivity index (χ0v) is 12.0. The number of aromatic nitrogens is 4. The molecule has 0 saturated heterocycles. The van der Waals surface area contributed by atoms with E-state index in [1.165, 1.54) is 0 Å². The Morgan fingerprint density at radius 3 is 2.79 bits per heavy atom. The smallest absolute Gasteiger partial charge is 0.123 e. The third kappa shape index (κ3) is 3.92. The summed E-state index contributed by atoms with van der Waals surface area (Å²) in [5.74, 6) is 1.14.